The van der Waals surface area contributed by atoms with E-state index in [2.05, 4.69) is 11.7 Å². The smallest absolute Gasteiger partial charge is 0.416 e. The standard InChI is InChI=1S/C24H22F3NO4S/c1-16(21(23(30)31)11-12-28-2)15-33-20-9-5-17(6-10-20)13-22(29)32-14-18-3-7-19(8-4-18)24(25,26)27/h3-12H,2,13-15H2,1H3,(H,30,31)/b12-11-,21-16-. The number of esters is 1. The minimum absolute atomic E-state index is 0.0209. The van der Waals surface area contributed by atoms with Crippen molar-refractivity contribution in [3.05, 3.63) is 88.6 Å². The van der Waals surface area contributed by atoms with Crippen LogP contribution in [0.15, 0.2) is 81.8 Å². The van der Waals surface area contributed by atoms with E-state index < -0.39 is 23.7 Å². The second-order valence-corrected chi connectivity index (χ2v) is 8.01. The first-order valence-corrected chi connectivity index (χ1v) is 10.7. The molecule has 0 spiro atoms. The number of ether oxygens (including phenoxy) is 1. The third kappa shape index (κ3) is 8.61. The number of carbonyl (C=O) groups is 2. The first-order valence-electron chi connectivity index (χ1n) is 9.69. The summed E-state index contributed by atoms with van der Waals surface area (Å²) in [5.41, 5.74) is 1.25. The van der Waals surface area contributed by atoms with Gasteiger partial charge in [-0.1, -0.05) is 24.3 Å². The van der Waals surface area contributed by atoms with E-state index >= 15 is 0 Å². The van der Waals surface area contributed by atoms with Gasteiger partial charge in [0.15, 0.2) is 0 Å². The average molecular weight is 478 g/mol. The number of halogens is 3. The molecular formula is C24H22F3NO4S. The zero-order chi connectivity index (χ0) is 24.4. The van der Waals surface area contributed by atoms with Crippen LogP contribution in [0.3, 0.4) is 0 Å². The number of rotatable bonds is 10. The minimum Gasteiger partial charge on any atom is -0.478 e. The summed E-state index contributed by atoms with van der Waals surface area (Å²) in [5, 5.41) is 9.28. The third-order valence-corrected chi connectivity index (χ3v) is 5.63. The summed E-state index contributed by atoms with van der Waals surface area (Å²) >= 11 is 1.45. The SMILES string of the molecule is C=N/C=C\C(C(=O)O)=C(/C)CSc1ccc(CC(=O)OCc2ccc(C(F)(F)F)cc2)cc1. The van der Waals surface area contributed by atoms with Gasteiger partial charge in [0.05, 0.1) is 17.6 Å². The highest BCUT2D eigenvalue weighted by Gasteiger charge is 2.29. The van der Waals surface area contributed by atoms with Gasteiger partial charge in [-0.15, -0.1) is 11.8 Å². The Morgan fingerprint density at radius 3 is 2.24 bits per heavy atom. The third-order valence-electron chi connectivity index (χ3n) is 4.45. The molecule has 33 heavy (non-hydrogen) atoms. The van der Waals surface area contributed by atoms with Crippen molar-refractivity contribution in [3.63, 3.8) is 0 Å². The van der Waals surface area contributed by atoms with Crippen LogP contribution in [0.25, 0.3) is 0 Å². The van der Waals surface area contributed by atoms with Crippen LogP contribution in [0.4, 0.5) is 13.2 Å². The molecule has 0 saturated heterocycles. The fraction of sp³-hybridized carbons (Fsp3) is 0.208. The Morgan fingerprint density at radius 2 is 1.70 bits per heavy atom. The van der Waals surface area contributed by atoms with Crippen LogP contribution >= 0.6 is 11.8 Å². The zero-order valence-electron chi connectivity index (χ0n) is 17.8. The largest absolute Gasteiger partial charge is 0.478 e. The van der Waals surface area contributed by atoms with Gasteiger partial charge in [-0.25, -0.2) is 4.79 Å². The van der Waals surface area contributed by atoms with Crippen LogP contribution in [0.5, 0.6) is 0 Å². The Bertz CT molecular complexity index is 1040. The van der Waals surface area contributed by atoms with E-state index in [1.807, 2.05) is 12.1 Å². The normalized spacial score (nSPS) is 12.4. The molecule has 0 unspecified atom stereocenters. The Balaban J connectivity index is 1.87. The second kappa shape index (κ2) is 12.1. The Morgan fingerprint density at radius 1 is 1.09 bits per heavy atom. The van der Waals surface area contributed by atoms with Crippen molar-refractivity contribution < 1.29 is 32.6 Å². The van der Waals surface area contributed by atoms with Gasteiger partial charge in [0.1, 0.15) is 6.61 Å². The van der Waals surface area contributed by atoms with E-state index in [9.17, 15) is 27.9 Å². The fourth-order valence-electron chi connectivity index (χ4n) is 2.67. The number of aliphatic carboxylic acids is 1. The van der Waals surface area contributed by atoms with Crippen LogP contribution in [0.2, 0.25) is 0 Å². The minimum atomic E-state index is -4.41. The highest BCUT2D eigenvalue weighted by Crippen LogP contribution is 2.29. The molecule has 0 bridgehead atoms. The lowest BCUT2D eigenvalue weighted by Crippen LogP contribution is -2.08. The summed E-state index contributed by atoms with van der Waals surface area (Å²) in [6.45, 7) is 4.90. The lowest BCUT2D eigenvalue weighted by Gasteiger charge is -2.09. The summed E-state index contributed by atoms with van der Waals surface area (Å²) in [4.78, 5) is 27.8. The number of carboxylic acid groups (broad SMARTS) is 1. The number of nitrogens with zero attached hydrogens (tertiary/aromatic N) is 1. The fourth-order valence-corrected chi connectivity index (χ4v) is 3.53. The summed E-state index contributed by atoms with van der Waals surface area (Å²) < 4.78 is 42.9. The van der Waals surface area contributed by atoms with Crippen molar-refractivity contribution >= 4 is 30.4 Å². The molecular weight excluding hydrogens is 455 g/mol. The Labute approximate surface area is 193 Å². The van der Waals surface area contributed by atoms with Gasteiger partial charge >= 0.3 is 18.1 Å². The highest BCUT2D eigenvalue weighted by molar-refractivity contribution is 7.99. The highest BCUT2D eigenvalue weighted by atomic mass is 32.2. The predicted octanol–water partition coefficient (Wildman–Crippen LogP) is 5.70. The van der Waals surface area contributed by atoms with E-state index in [-0.39, 0.29) is 18.6 Å². The monoisotopic (exact) mass is 477 g/mol. The van der Waals surface area contributed by atoms with Gasteiger partial charge in [0, 0.05) is 16.8 Å². The summed E-state index contributed by atoms with van der Waals surface area (Å²) in [5.74, 6) is -1.08. The second-order valence-electron chi connectivity index (χ2n) is 6.96. The maximum atomic E-state index is 12.6. The maximum Gasteiger partial charge on any atom is 0.416 e. The summed E-state index contributed by atoms with van der Waals surface area (Å²) in [6.07, 6.45) is -1.67. The molecule has 5 nitrogen and oxygen atoms in total. The molecule has 2 aromatic rings. The van der Waals surface area contributed by atoms with E-state index in [0.717, 1.165) is 22.6 Å². The predicted molar refractivity (Wildman–Crippen MR) is 121 cm³/mol. The number of alkyl halides is 3. The molecule has 0 heterocycles. The molecule has 0 fully saturated rings. The first kappa shape index (κ1) is 25.9. The van der Waals surface area contributed by atoms with Gasteiger partial charge in [0.2, 0.25) is 0 Å². The van der Waals surface area contributed by atoms with Crippen molar-refractivity contribution in [1.29, 1.82) is 0 Å². The van der Waals surface area contributed by atoms with Gasteiger partial charge in [0.25, 0.3) is 0 Å². The number of thioether (sulfide) groups is 1. The van der Waals surface area contributed by atoms with Crippen LogP contribution in [0.1, 0.15) is 23.6 Å². The number of aliphatic imine (C=N–C) groups is 1. The van der Waals surface area contributed by atoms with E-state index in [4.69, 9.17) is 4.74 Å². The van der Waals surface area contributed by atoms with Crippen molar-refractivity contribution in [2.24, 2.45) is 4.99 Å². The lowest BCUT2D eigenvalue weighted by atomic mass is 10.1. The molecule has 1 N–H and O–H groups in total. The number of carboxylic acids is 1. The average Bonchev–Trinajstić information content (AvgIpc) is 2.77. The van der Waals surface area contributed by atoms with Gasteiger partial charge in [-0.3, -0.25) is 9.79 Å². The molecule has 0 radical (unpaired) electrons. The summed E-state index contributed by atoms with van der Waals surface area (Å²) in [7, 11) is 0. The molecule has 2 rings (SSSR count). The van der Waals surface area contributed by atoms with Gasteiger partial charge in [-0.05, 0) is 60.7 Å². The van der Waals surface area contributed by atoms with E-state index in [0.29, 0.717) is 16.9 Å². The molecule has 0 aliphatic rings. The zero-order valence-corrected chi connectivity index (χ0v) is 18.6. The molecule has 0 aliphatic heterocycles. The van der Waals surface area contributed by atoms with E-state index in [1.54, 1.807) is 19.1 Å². The molecule has 0 amide bonds. The lowest BCUT2D eigenvalue weighted by molar-refractivity contribution is -0.144. The molecule has 0 saturated carbocycles. The van der Waals surface area contributed by atoms with E-state index in [1.165, 1.54) is 36.2 Å². The van der Waals surface area contributed by atoms with Crippen molar-refractivity contribution in [1.82, 2.24) is 0 Å². The molecule has 0 aliphatic carbocycles. The first-order chi connectivity index (χ1) is 15.6. The molecule has 174 valence electrons. The van der Waals surface area contributed by atoms with Crippen molar-refractivity contribution in [2.75, 3.05) is 5.75 Å². The van der Waals surface area contributed by atoms with Gasteiger partial charge < -0.3 is 9.84 Å². The van der Waals surface area contributed by atoms with Crippen molar-refractivity contribution in [3.8, 4) is 0 Å². The van der Waals surface area contributed by atoms with Crippen LogP contribution in [-0.4, -0.2) is 29.5 Å². The molecule has 2 aromatic carbocycles. The molecule has 9 heteroatoms. The van der Waals surface area contributed by atoms with Gasteiger partial charge in [-0.2, -0.15) is 13.2 Å². The Hall–Kier alpha value is -3.33. The summed E-state index contributed by atoms with van der Waals surface area (Å²) in [6, 6.07) is 11.6. The molecule has 0 aromatic heterocycles. The van der Waals surface area contributed by atoms with Crippen LogP contribution < -0.4 is 0 Å². The van der Waals surface area contributed by atoms with Crippen LogP contribution in [0, 0.1) is 0 Å². The number of carbonyl (C=O) groups excluding carboxylic acids is 1. The quantitative estimate of drug-likeness (QED) is 0.156. The van der Waals surface area contributed by atoms with Crippen molar-refractivity contribution in [2.45, 2.75) is 31.0 Å². The number of hydrogen-bond donors (Lipinski definition) is 1. The maximum absolute atomic E-state index is 12.6. The molecule has 0 atom stereocenters. The van der Waals surface area contributed by atoms with Crippen LogP contribution in [-0.2, 0) is 33.5 Å². The number of benzene rings is 2. The number of hydrogen-bond acceptors (Lipinski definition) is 5. The topological polar surface area (TPSA) is 76.0 Å². The Kier molecular flexibility index (Phi) is 9.47.